The summed E-state index contributed by atoms with van der Waals surface area (Å²) >= 11 is 0. The van der Waals surface area contributed by atoms with Crippen molar-refractivity contribution in [3.63, 3.8) is 0 Å². The van der Waals surface area contributed by atoms with Gasteiger partial charge in [-0.1, -0.05) is 110 Å². The molecule has 5 aromatic carbocycles. The lowest BCUT2D eigenvalue weighted by molar-refractivity contribution is -0.213. The number of carbonyl (C=O) groups is 1. The van der Waals surface area contributed by atoms with Gasteiger partial charge in [-0.25, -0.2) is 0 Å². The van der Waals surface area contributed by atoms with Gasteiger partial charge in [0.05, 0.1) is 5.41 Å². The average molecular weight is 1220 g/mol. The molecule has 6 unspecified atom stereocenters. The van der Waals surface area contributed by atoms with Gasteiger partial charge in [0, 0.05) is 35.3 Å². The first kappa shape index (κ1) is 68.3. The molecule has 488 valence electrons. The number of fused-ring (bicyclic) bond motifs is 2. The van der Waals surface area contributed by atoms with Crippen molar-refractivity contribution in [3.05, 3.63) is 125 Å². The first-order valence-electron chi connectivity index (χ1n) is 35.2. The lowest BCUT2D eigenvalue weighted by Gasteiger charge is -2.58. The minimum Gasteiger partial charge on any atom is -0.488 e. The second kappa shape index (κ2) is 28.9. The van der Waals surface area contributed by atoms with Gasteiger partial charge in [0.15, 0.2) is 0 Å². The SMILES string of the molecule is CCC(C)(C)C(=O)Oc1cccc2c(OC(C)(C)C)cccc12.CCC(C)(C)Oc1ccc2c(c1)CC(C)C2C.CCC(C)c1ccc(OC(OC)C23CC4CC(CC(C4)C2)C3)cc1.CCOC(Oc1ccc(C(C)CC)cc1)C12CC3CC(CC(C3)C1)C2. The highest BCUT2D eigenvalue weighted by Crippen LogP contribution is 2.63. The third-order valence-electron chi connectivity index (χ3n) is 22.5. The van der Waals surface area contributed by atoms with Crippen molar-refractivity contribution >= 4 is 16.7 Å². The van der Waals surface area contributed by atoms with E-state index in [2.05, 4.69) is 136 Å². The molecular weight excluding hydrogens is 1100 g/mol. The van der Waals surface area contributed by atoms with Crippen LogP contribution in [0.15, 0.2) is 103 Å². The van der Waals surface area contributed by atoms with Gasteiger partial charge in [0.2, 0.25) is 12.6 Å². The molecule has 9 aliphatic carbocycles. The molecule has 6 atom stereocenters. The molecule has 8 nitrogen and oxygen atoms in total. The zero-order valence-corrected chi connectivity index (χ0v) is 58.2. The van der Waals surface area contributed by atoms with Crippen LogP contribution in [0.3, 0.4) is 0 Å². The van der Waals surface area contributed by atoms with Crippen molar-refractivity contribution in [2.45, 2.75) is 261 Å². The highest BCUT2D eigenvalue weighted by atomic mass is 16.7. The number of hydrogen-bond donors (Lipinski definition) is 0. The fourth-order valence-corrected chi connectivity index (χ4v) is 16.9. The minimum absolute atomic E-state index is 0.0654. The Morgan fingerprint density at radius 2 is 0.978 bits per heavy atom. The Morgan fingerprint density at radius 3 is 1.40 bits per heavy atom. The van der Waals surface area contributed by atoms with E-state index in [4.69, 9.17) is 33.2 Å². The van der Waals surface area contributed by atoms with Crippen LogP contribution in [0.25, 0.3) is 10.8 Å². The second-order valence-corrected chi connectivity index (χ2v) is 31.4. The van der Waals surface area contributed by atoms with Crippen LogP contribution in [0, 0.1) is 57.7 Å². The van der Waals surface area contributed by atoms with Crippen LogP contribution in [-0.2, 0) is 20.7 Å². The molecule has 5 aromatic rings. The monoisotopic (exact) mass is 1220 g/mol. The largest absolute Gasteiger partial charge is 0.488 e. The first-order chi connectivity index (χ1) is 42.3. The number of benzene rings is 5. The van der Waals surface area contributed by atoms with E-state index < -0.39 is 5.41 Å². The van der Waals surface area contributed by atoms with E-state index in [0.717, 1.165) is 94.6 Å². The standard InChI is InChI=1S/C23H34O2.C22H32O2.C20H26O3.C16H24O/c1-4-16(3)20-6-8-21(9-7-20)25-22(24-5-2)23-13-17-10-18(14-23)12-19(11-17)15-23;1-4-15(2)19-5-7-20(8-6-19)24-21(23-3)22-12-16-9-17(13-22)11-18(10-16)14-22;1-7-20(5,6)18(21)22-16-12-8-11-15-14(16)10-9-13-17(15)23-19(2,3)4;1-6-16(4,5)17-14-7-8-15-12(3)11(2)9-13(15)10-14/h6-9,16-19,22H,4-5,10-15H2,1-3H3;5-8,15-18,21H,4,9-14H2,1-3H3;8-13H,7H2,1-6H3;7-8,10-12H,6,9H2,1-5H3. The van der Waals surface area contributed by atoms with Crippen LogP contribution in [0.2, 0.25) is 0 Å². The maximum absolute atomic E-state index is 12.4. The summed E-state index contributed by atoms with van der Waals surface area (Å²) in [6.07, 6.45) is 21.8. The van der Waals surface area contributed by atoms with Crippen molar-refractivity contribution in [3.8, 4) is 28.7 Å². The lowest BCUT2D eigenvalue weighted by Crippen LogP contribution is -2.54. The van der Waals surface area contributed by atoms with Crippen LogP contribution in [-0.4, -0.2) is 43.5 Å². The van der Waals surface area contributed by atoms with Crippen LogP contribution >= 0.6 is 0 Å². The smallest absolute Gasteiger partial charge is 0.316 e. The van der Waals surface area contributed by atoms with Crippen molar-refractivity contribution in [2.24, 2.45) is 57.7 Å². The second-order valence-electron chi connectivity index (χ2n) is 31.4. The van der Waals surface area contributed by atoms with Gasteiger partial charge < -0.3 is 33.2 Å². The molecule has 0 radical (unpaired) electrons. The number of ether oxygens (including phenoxy) is 7. The van der Waals surface area contributed by atoms with Gasteiger partial charge in [-0.05, 0) is 295 Å². The van der Waals surface area contributed by atoms with Crippen LogP contribution < -0.4 is 23.7 Å². The maximum Gasteiger partial charge on any atom is 0.316 e. The van der Waals surface area contributed by atoms with E-state index in [-0.39, 0.29) is 40.6 Å². The number of hydrogen-bond acceptors (Lipinski definition) is 8. The molecule has 0 saturated heterocycles. The van der Waals surface area contributed by atoms with E-state index in [0.29, 0.717) is 23.5 Å². The first-order valence-corrected chi connectivity index (χ1v) is 35.2. The lowest BCUT2D eigenvalue weighted by atomic mass is 9.49. The fraction of sp³-hybridized carbons (Fsp3) is 0.642. The van der Waals surface area contributed by atoms with Gasteiger partial charge in [-0.2, -0.15) is 0 Å². The van der Waals surface area contributed by atoms with Crippen LogP contribution in [0.5, 0.6) is 28.7 Å². The molecular formula is C81H116O8. The number of rotatable bonds is 20. The highest BCUT2D eigenvalue weighted by molar-refractivity contribution is 5.95. The van der Waals surface area contributed by atoms with Gasteiger partial charge in [-0.3, -0.25) is 4.79 Å². The normalized spacial score (nSPS) is 27.5. The highest BCUT2D eigenvalue weighted by Gasteiger charge is 2.57. The zero-order valence-electron chi connectivity index (χ0n) is 58.2. The molecule has 89 heavy (non-hydrogen) atoms. The topological polar surface area (TPSA) is 81.7 Å². The van der Waals surface area contributed by atoms with E-state index in [1.165, 1.54) is 119 Å². The molecule has 0 amide bonds. The van der Waals surface area contributed by atoms with Crippen LogP contribution in [0.1, 0.15) is 254 Å². The summed E-state index contributed by atoms with van der Waals surface area (Å²) in [5.41, 5.74) is 5.47. The van der Waals surface area contributed by atoms with E-state index in [9.17, 15) is 4.79 Å². The molecule has 0 aromatic heterocycles. The molecule has 0 heterocycles. The van der Waals surface area contributed by atoms with Gasteiger partial charge in [0.25, 0.3) is 0 Å². The van der Waals surface area contributed by atoms with E-state index in [1.54, 1.807) is 0 Å². The van der Waals surface area contributed by atoms with Gasteiger partial charge in [-0.15, -0.1) is 0 Å². The molecule has 9 aliphatic rings. The Morgan fingerprint density at radius 1 is 0.539 bits per heavy atom. The van der Waals surface area contributed by atoms with Crippen molar-refractivity contribution in [1.82, 2.24) is 0 Å². The molecule has 0 N–H and O–H groups in total. The summed E-state index contributed by atoms with van der Waals surface area (Å²) in [6.45, 7) is 34.8. The van der Waals surface area contributed by atoms with Gasteiger partial charge >= 0.3 is 5.97 Å². The summed E-state index contributed by atoms with van der Waals surface area (Å²) < 4.78 is 42.7. The predicted octanol–water partition coefficient (Wildman–Crippen LogP) is 21.8. The Hall–Kier alpha value is -5.05. The number of esters is 1. The minimum atomic E-state index is -0.498. The number of carbonyl (C=O) groups excluding carboxylic acids is 1. The molecule has 8 fully saturated rings. The Kier molecular flexibility index (Phi) is 22.1. The Bertz CT molecular complexity index is 3000. The predicted molar refractivity (Wildman–Crippen MR) is 366 cm³/mol. The maximum atomic E-state index is 12.4. The summed E-state index contributed by atoms with van der Waals surface area (Å²) in [5, 5.41) is 1.83. The summed E-state index contributed by atoms with van der Waals surface area (Å²) in [5.74, 6) is 12.3. The molecule has 8 saturated carbocycles. The molecule has 14 rings (SSSR count). The van der Waals surface area contributed by atoms with E-state index >= 15 is 0 Å². The zero-order chi connectivity index (χ0) is 64.1. The fourth-order valence-electron chi connectivity index (χ4n) is 16.9. The quantitative estimate of drug-likeness (QED) is 0.0433. The average Bonchev–Trinajstić information content (AvgIpc) is 1.45. The summed E-state index contributed by atoms with van der Waals surface area (Å²) in [7, 11) is 1.83. The Labute approximate surface area is 539 Å². The van der Waals surface area contributed by atoms with Crippen molar-refractivity contribution in [1.29, 1.82) is 0 Å². The molecule has 8 heteroatoms. The van der Waals surface area contributed by atoms with E-state index in [1.807, 2.05) is 85.1 Å². The summed E-state index contributed by atoms with van der Waals surface area (Å²) in [6, 6.07) is 35.6. The van der Waals surface area contributed by atoms with Crippen molar-refractivity contribution in [2.75, 3.05) is 13.7 Å². The molecule has 0 spiro atoms. The molecule has 8 bridgehead atoms. The van der Waals surface area contributed by atoms with Crippen molar-refractivity contribution < 1.29 is 38.0 Å². The number of methoxy groups -OCH3 is 1. The van der Waals surface area contributed by atoms with Gasteiger partial charge in [0.1, 0.15) is 39.9 Å². The third-order valence-corrected chi connectivity index (χ3v) is 22.5. The third kappa shape index (κ3) is 16.6. The Balaban J connectivity index is 0.000000142. The van der Waals surface area contributed by atoms with Crippen LogP contribution in [0.4, 0.5) is 0 Å². The molecule has 0 aliphatic heterocycles. The summed E-state index contributed by atoms with van der Waals surface area (Å²) in [4.78, 5) is 12.4.